The molecule has 1 atom stereocenters. The first-order valence-corrected chi connectivity index (χ1v) is 24.0. The molecule has 5 rings (SSSR count). The minimum Gasteiger partial charge on any atom is -0.487 e. The summed E-state index contributed by atoms with van der Waals surface area (Å²) in [5.74, 6) is -0.858. The van der Waals surface area contributed by atoms with E-state index in [1.165, 1.54) is 23.1 Å². The van der Waals surface area contributed by atoms with Crippen LogP contribution in [0.25, 0.3) is 0 Å². The third-order valence-corrected chi connectivity index (χ3v) is 10.7. The summed E-state index contributed by atoms with van der Waals surface area (Å²) in [6, 6.07) is 16.1. The Morgan fingerprint density at radius 3 is 2.13 bits per heavy atom. The van der Waals surface area contributed by atoms with Gasteiger partial charge in [0.1, 0.15) is 41.7 Å². The predicted molar refractivity (Wildman–Crippen MR) is 252 cm³/mol. The average molecular weight is 1080 g/mol. The Kier molecular flexibility index (Phi) is 24.7. The Morgan fingerprint density at radius 1 is 1.03 bits per heavy atom. The molecule has 69 heavy (non-hydrogen) atoms. The summed E-state index contributed by atoms with van der Waals surface area (Å²) >= 11 is 22.7. The number of hydrogen-bond acceptors (Lipinski definition) is 12. The van der Waals surface area contributed by atoms with E-state index in [4.69, 9.17) is 84.7 Å². The number of halogens is 7. The van der Waals surface area contributed by atoms with Crippen LogP contribution in [0.5, 0.6) is 17.2 Å². The monoisotopic (exact) mass is 1080 g/mol. The molecule has 2 amide bonds. The Hall–Kier alpha value is -4.67. The van der Waals surface area contributed by atoms with Crippen molar-refractivity contribution in [2.75, 3.05) is 50.6 Å². The van der Waals surface area contributed by atoms with E-state index in [1.807, 2.05) is 24.3 Å². The highest BCUT2D eigenvalue weighted by atomic mass is 35.5. The molecule has 0 bridgehead atoms. The second-order valence-electron chi connectivity index (χ2n) is 14.5. The van der Waals surface area contributed by atoms with Crippen LogP contribution in [0.4, 0.5) is 24.5 Å². The number of benzene rings is 3. The quantitative estimate of drug-likeness (QED) is 0.0253. The maximum Gasteiger partial charge on any atom is 0.416 e. The van der Waals surface area contributed by atoms with Crippen molar-refractivity contribution in [2.45, 2.75) is 70.3 Å². The number of amides is 2. The minimum atomic E-state index is -4.52. The van der Waals surface area contributed by atoms with Crippen LogP contribution in [0.3, 0.4) is 0 Å². The molecule has 0 aliphatic carbocycles. The largest absolute Gasteiger partial charge is 0.487 e. The molecule has 2 heterocycles. The molecule has 4 aromatic rings. The standard InChI is InChI=1S/C15H11ClF3NO4.C14H20ClNO2.C11H13Cl2NO3.C3H8NO5P/c1-2-23-14-8-10(4-5-12(14)20(21)22)24-13-6-3-9(7-11(13)16)15(17,18)19;1-4-11-7-6-8-12(5-2)14(11)16(10-18-3)13(17)9-15;1-11(2)14(10(15)9(12)13)6-8(17-11)7-4-3-5-16-7;5-3(6)1-4-2-10(7,8)9/h3-8H,2H2,1H3;6-8H,4-5,9-10H2,1-3H3;3-5,8-9H,6H2,1-2H3;4H,1-2H2,(H,5,6)(H2,7,8,9). The van der Waals surface area contributed by atoms with E-state index >= 15 is 0 Å². The number of carboxylic acid groups (broad SMARTS) is 1. The number of alkyl halides is 6. The first kappa shape index (κ1) is 60.5. The van der Waals surface area contributed by atoms with Gasteiger partial charge in [0.25, 0.3) is 5.91 Å². The van der Waals surface area contributed by atoms with Crippen molar-refractivity contribution in [3.63, 3.8) is 0 Å². The number of nitrogens with one attached hydrogen (secondary N) is 1. The summed E-state index contributed by atoms with van der Waals surface area (Å²) in [5, 5.41) is 20.7. The topological polar surface area (TPSA) is 241 Å². The maximum absolute atomic E-state index is 12.6. The zero-order valence-corrected chi connectivity index (χ0v) is 41.9. The van der Waals surface area contributed by atoms with Crippen LogP contribution in [-0.4, -0.2) is 98.8 Å². The van der Waals surface area contributed by atoms with Gasteiger partial charge in [-0.1, -0.05) is 66.8 Å². The summed E-state index contributed by atoms with van der Waals surface area (Å²) in [4.78, 5) is 62.3. The van der Waals surface area contributed by atoms with Gasteiger partial charge in [0.15, 0.2) is 4.84 Å². The van der Waals surface area contributed by atoms with Crippen LogP contribution in [0.15, 0.2) is 77.4 Å². The van der Waals surface area contributed by atoms with Gasteiger partial charge in [-0.25, -0.2) is 0 Å². The number of rotatable bonds is 17. The molecule has 0 radical (unpaired) electrons. The van der Waals surface area contributed by atoms with Crippen molar-refractivity contribution in [3.8, 4) is 17.2 Å². The smallest absolute Gasteiger partial charge is 0.416 e. The van der Waals surface area contributed by atoms with E-state index in [9.17, 15) is 42.2 Å². The average Bonchev–Trinajstić information content (AvgIpc) is 3.93. The zero-order chi connectivity index (χ0) is 52.3. The number of nitro benzene ring substituents is 1. The molecule has 26 heteroatoms. The second kappa shape index (κ2) is 28.2. The third-order valence-electron chi connectivity index (χ3n) is 9.16. The molecule has 1 aliphatic rings. The van der Waals surface area contributed by atoms with Crippen molar-refractivity contribution in [1.29, 1.82) is 0 Å². The second-order valence-corrected chi connectivity index (χ2v) is 17.9. The number of nitrogens with zero attached hydrogens (tertiary/aromatic N) is 3. The van der Waals surface area contributed by atoms with Crippen molar-refractivity contribution >= 4 is 83.2 Å². The summed E-state index contributed by atoms with van der Waals surface area (Å²) in [6.45, 7) is 9.78. The molecule has 1 unspecified atom stereocenters. The number of aliphatic carboxylic acids is 1. The summed E-state index contributed by atoms with van der Waals surface area (Å²) in [6.07, 6.45) is -2.08. The van der Waals surface area contributed by atoms with Crippen LogP contribution in [-0.2, 0) is 47.4 Å². The highest BCUT2D eigenvalue weighted by Gasteiger charge is 2.45. The van der Waals surface area contributed by atoms with E-state index in [2.05, 4.69) is 19.2 Å². The fourth-order valence-electron chi connectivity index (χ4n) is 6.13. The molecule has 382 valence electrons. The molecule has 3 aromatic carbocycles. The van der Waals surface area contributed by atoms with Gasteiger partial charge in [0.2, 0.25) is 11.7 Å². The van der Waals surface area contributed by atoms with Gasteiger partial charge in [-0.05, 0) is 81.1 Å². The zero-order valence-electron chi connectivity index (χ0n) is 38.0. The van der Waals surface area contributed by atoms with Crippen molar-refractivity contribution in [1.82, 2.24) is 10.2 Å². The first-order valence-electron chi connectivity index (χ1n) is 20.4. The number of carbonyl (C=O) groups excluding carboxylic acids is 2. The predicted octanol–water partition coefficient (Wildman–Crippen LogP) is 9.96. The van der Waals surface area contributed by atoms with Gasteiger partial charge in [0, 0.05) is 19.2 Å². The molecule has 0 spiro atoms. The third kappa shape index (κ3) is 19.6. The van der Waals surface area contributed by atoms with E-state index < -0.39 is 53.6 Å². The van der Waals surface area contributed by atoms with Crippen LogP contribution < -0.4 is 19.7 Å². The Balaban J connectivity index is 0.000000328. The van der Waals surface area contributed by atoms with E-state index in [0.29, 0.717) is 12.3 Å². The Labute approximate surface area is 415 Å². The van der Waals surface area contributed by atoms with E-state index in [0.717, 1.165) is 47.9 Å². The summed E-state index contributed by atoms with van der Waals surface area (Å²) < 4.78 is 74.6. The number of hydrogen-bond donors (Lipinski definition) is 4. The molecule has 1 saturated heterocycles. The number of carbonyl (C=O) groups is 3. The Morgan fingerprint density at radius 2 is 1.67 bits per heavy atom. The van der Waals surface area contributed by atoms with Crippen molar-refractivity contribution in [3.05, 3.63) is 111 Å². The SMILES string of the molecule is CC1(C)OC(c2ccco2)CN1C(=O)C(Cl)Cl.CCOc1cc(Oc2ccc(C(F)(F)F)cc2Cl)ccc1[N+](=O)[O-].CCc1cccc(CC)c1N(COC)C(=O)CCl.O=C(O)CNCP(=O)(O)O. The van der Waals surface area contributed by atoms with Crippen LogP contribution in [0.1, 0.15) is 63.2 Å². The van der Waals surface area contributed by atoms with E-state index in [1.54, 1.807) is 45.1 Å². The highest BCUT2D eigenvalue weighted by molar-refractivity contribution is 7.51. The number of carboxylic acids is 1. The molecule has 1 aromatic heterocycles. The normalized spacial score (nSPS) is 14.0. The highest BCUT2D eigenvalue weighted by Crippen LogP contribution is 2.40. The molecule has 0 saturated carbocycles. The molecule has 1 fully saturated rings. The van der Waals surface area contributed by atoms with Gasteiger partial charge in [-0.2, -0.15) is 13.2 Å². The van der Waals surface area contributed by atoms with Gasteiger partial charge in [-0.15, -0.1) is 11.6 Å². The Bertz CT molecular complexity index is 2340. The number of para-hydroxylation sites is 1. The molecular formula is C43H52Cl4F3N4O14P. The van der Waals surface area contributed by atoms with Crippen LogP contribution in [0, 0.1) is 10.1 Å². The lowest BCUT2D eigenvalue weighted by atomic mass is 10.0. The van der Waals surface area contributed by atoms with Crippen molar-refractivity contribution < 1.29 is 75.3 Å². The maximum atomic E-state index is 12.6. The fourth-order valence-corrected chi connectivity index (χ4v) is 7.13. The number of methoxy groups -OCH3 is 1. The number of furan rings is 1. The van der Waals surface area contributed by atoms with Gasteiger partial charge in [0.05, 0.1) is 53.4 Å². The number of nitro groups is 1. The fraction of sp³-hybridized carbons (Fsp3) is 0.419. The van der Waals surface area contributed by atoms with E-state index in [-0.39, 0.29) is 65.1 Å². The minimum absolute atomic E-state index is 0.0111. The van der Waals surface area contributed by atoms with Crippen LogP contribution >= 0.6 is 54.0 Å². The lowest BCUT2D eigenvalue weighted by Crippen LogP contribution is -2.45. The summed E-state index contributed by atoms with van der Waals surface area (Å²) in [5.41, 5.74) is 1.35. The molecular weight excluding hydrogens is 1030 g/mol. The van der Waals surface area contributed by atoms with Gasteiger partial charge < -0.3 is 43.2 Å². The lowest BCUT2D eigenvalue weighted by Gasteiger charge is -2.29. The van der Waals surface area contributed by atoms with Crippen molar-refractivity contribution in [2.24, 2.45) is 0 Å². The number of ether oxygens (including phenoxy) is 4. The summed E-state index contributed by atoms with van der Waals surface area (Å²) in [7, 11) is -2.52. The molecule has 18 nitrogen and oxygen atoms in total. The lowest BCUT2D eigenvalue weighted by molar-refractivity contribution is -0.385. The van der Waals surface area contributed by atoms with Gasteiger partial charge >= 0.3 is 25.4 Å². The van der Waals surface area contributed by atoms with Gasteiger partial charge in [-0.3, -0.25) is 39.3 Å². The first-order chi connectivity index (χ1) is 32.2. The van der Waals surface area contributed by atoms with Crippen LogP contribution in [0.2, 0.25) is 5.02 Å². The molecule has 4 N–H and O–H groups in total. The molecule has 1 aliphatic heterocycles. The number of anilines is 1. The number of aryl methyl sites for hydroxylation is 2.